The number of hydrogen-bond donors (Lipinski definition) is 1. The number of rotatable bonds is 6. The minimum absolute atomic E-state index is 0.169. The lowest BCUT2D eigenvalue weighted by Gasteiger charge is -2.14. The summed E-state index contributed by atoms with van der Waals surface area (Å²) in [6.07, 6.45) is 8.06. The number of furan rings is 1. The van der Waals surface area contributed by atoms with Crippen molar-refractivity contribution in [3.8, 4) is 0 Å². The van der Waals surface area contributed by atoms with E-state index in [1.807, 2.05) is 36.5 Å². The third-order valence-electron chi connectivity index (χ3n) is 2.56. The van der Waals surface area contributed by atoms with Crippen LogP contribution in [0.15, 0.2) is 60.0 Å². The first-order valence-electron chi connectivity index (χ1n) is 5.66. The third kappa shape index (κ3) is 3.29. The van der Waals surface area contributed by atoms with E-state index in [4.69, 9.17) is 4.42 Å². The Bertz CT molecular complexity index is 437. The highest BCUT2D eigenvalue weighted by atomic mass is 16.3. The summed E-state index contributed by atoms with van der Waals surface area (Å²) in [6.45, 7) is 4.54. The molecule has 0 saturated heterocycles. The molecular weight excluding hydrogens is 212 g/mol. The fourth-order valence-electron chi connectivity index (χ4n) is 1.70. The van der Waals surface area contributed by atoms with Gasteiger partial charge in [-0.1, -0.05) is 12.1 Å². The van der Waals surface area contributed by atoms with Crippen LogP contribution in [0.4, 0.5) is 0 Å². The molecule has 0 spiro atoms. The Morgan fingerprint density at radius 1 is 1.41 bits per heavy atom. The van der Waals surface area contributed by atoms with E-state index in [9.17, 15) is 0 Å². The van der Waals surface area contributed by atoms with Crippen molar-refractivity contribution in [1.82, 2.24) is 10.3 Å². The quantitative estimate of drug-likeness (QED) is 0.772. The molecule has 1 atom stereocenters. The predicted octanol–water partition coefficient (Wildman–Crippen LogP) is 3.08. The van der Waals surface area contributed by atoms with Crippen molar-refractivity contribution in [2.75, 3.05) is 0 Å². The summed E-state index contributed by atoms with van der Waals surface area (Å²) in [5, 5.41) is 3.43. The lowest BCUT2D eigenvalue weighted by Crippen LogP contribution is -2.20. The van der Waals surface area contributed by atoms with Gasteiger partial charge in [0, 0.05) is 18.9 Å². The highest BCUT2D eigenvalue weighted by Gasteiger charge is 2.11. The van der Waals surface area contributed by atoms with E-state index in [0.717, 1.165) is 24.3 Å². The van der Waals surface area contributed by atoms with E-state index in [1.54, 1.807) is 12.5 Å². The molecule has 0 fully saturated rings. The van der Waals surface area contributed by atoms with Gasteiger partial charge in [0.15, 0.2) is 0 Å². The van der Waals surface area contributed by atoms with Crippen LogP contribution >= 0.6 is 0 Å². The molecule has 0 aliphatic rings. The Kier molecular flexibility index (Phi) is 4.11. The number of aromatic nitrogens is 1. The maximum Gasteiger partial charge on any atom is 0.120 e. The van der Waals surface area contributed by atoms with Crippen molar-refractivity contribution in [3.63, 3.8) is 0 Å². The highest BCUT2D eigenvalue weighted by molar-refractivity contribution is 5.10. The van der Waals surface area contributed by atoms with Crippen molar-refractivity contribution < 1.29 is 4.42 Å². The zero-order valence-electron chi connectivity index (χ0n) is 9.67. The average molecular weight is 228 g/mol. The highest BCUT2D eigenvalue weighted by Crippen LogP contribution is 2.18. The van der Waals surface area contributed by atoms with Gasteiger partial charge >= 0.3 is 0 Å². The van der Waals surface area contributed by atoms with Crippen LogP contribution in [0.2, 0.25) is 0 Å². The largest absolute Gasteiger partial charge is 0.468 e. The van der Waals surface area contributed by atoms with E-state index in [2.05, 4.69) is 16.9 Å². The first-order chi connectivity index (χ1) is 8.40. The van der Waals surface area contributed by atoms with Crippen LogP contribution < -0.4 is 5.32 Å². The molecule has 1 unspecified atom stereocenters. The fraction of sp³-hybridized carbons (Fsp3) is 0.214. The summed E-state index contributed by atoms with van der Waals surface area (Å²) in [6, 6.07) is 8.03. The molecule has 88 valence electrons. The number of nitrogens with one attached hydrogen (secondary N) is 1. The summed E-state index contributed by atoms with van der Waals surface area (Å²) >= 11 is 0. The van der Waals surface area contributed by atoms with Crippen molar-refractivity contribution in [2.45, 2.75) is 19.0 Å². The first kappa shape index (κ1) is 11.6. The molecule has 0 aliphatic carbocycles. The smallest absolute Gasteiger partial charge is 0.120 e. The summed E-state index contributed by atoms with van der Waals surface area (Å²) in [5.74, 6) is 0.939. The summed E-state index contributed by atoms with van der Waals surface area (Å²) < 4.78 is 5.41. The van der Waals surface area contributed by atoms with Crippen molar-refractivity contribution in [3.05, 3.63) is 66.9 Å². The Hall–Kier alpha value is -1.87. The normalized spacial score (nSPS) is 12.2. The molecule has 1 N–H and O–H groups in total. The Morgan fingerprint density at radius 3 is 3.00 bits per heavy atom. The van der Waals surface area contributed by atoms with E-state index < -0.39 is 0 Å². The van der Waals surface area contributed by atoms with Gasteiger partial charge in [0.05, 0.1) is 12.3 Å². The Labute approximate surface area is 101 Å². The molecule has 0 amide bonds. The maximum atomic E-state index is 5.41. The SMILES string of the molecule is C=CCC(NCc1cccnc1)c1ccco1. The molecule has 0 aromatic carbocycles. The second-order valence-electron chi connectivity index (χ2n) is 3.83. The molecule has 17 heavy (non-hydrogen) atoms. The zero-order valence-corrected chi connectivity index (χ0v) is 9.67. The zero-order chi connectivity index (χ0) is 11.9. The van der Waals surface area contributed by atoms with Gasteiger partial charge in [-0.25, -0.2) is 0 Å². The average Bonchev–Trinajstić information content (AvgIpc) is 2.89. The van der Waals surface area contributed by atoms with Crippen LogP contribution in [0.5, 0.6) is 0 Å². The minimum atomic E-state index is 0.169. The van der Waals surface area contributed by atoms with Crippen LogP contribution in [0, 0.1) is 0 Å². The van der Waals surface area contributed by atoms with Gasteiger partial charge in [0.25, 0.3) is 0 Å². The number of nitrogens with zero attached hydrogens (tertiary/aromatic N) is 1. The van der Waals surface area contributed by atoms with Gasteiger partial charge in [-0.3, -0.25) is 4.98 Å². The lowest BCUT2D eigenvalue weighted by molar-refractivity contribution is 0.413. The topological polar surface area (TPSA) is 38.1 Å². The summed E-state index contributed by atoms with van der Waals surface area (Å²) in [4.78, 5) is 4.09. The lowest BCUT2D eigenvalue weighted by atomic mass is 10.1. The van der Waals surface area contributed by atoms with Crippen LogP contribution in [0.25, 0.3) is 0 Å². The second kappa shape index (κ2) is 6.01. The van der Waals surface area contributed by atoms with Gasteiger partial charge in [-0.15, -0.1) is 6.58 Å². The second-order valence-corrected chi connectivity index (χ2v) is 3.83. The van der Waals surface area contributed by atoms with E-state index >= 15 is 0 Å². The molecule has 0 saturated carbocycles. The molecule has 2 heterocycles. The van der Waals surface area contributed by atoms with Gasteiger partial charge in [0.2, 0.25) is 0 Å². The van der Waals surface area contributed by atoms with Gasteiger partial charge in [-0.05, 0) is 30.2 Å². The van der Waals surface area contributed by atoms with Crippen molar-refractivity contribution in [2.24, 2.45) is 0 Å². The van der Waals surface area contributed by atoms with Crippen molar-refractivity contribution >= 4 is 0 Å². The van der Waals surface area contributed by atoms with E-state index in [0.29, 0.717) is 0 Å². The molecule has 2 aromatic heterocycles. The van der Waals surface area contributed by atoms with Gasteiger partial charge in [-0.2, -0.15) is 0 Å². The molecule has 2 aromatic rings. The molecular formula is C14H16N2O. The Balaban J connectivity index is 1.97. The van der Waals surface area contributed by atoms with Crippen LogP contribution in [0.1, 0.15) is 23.8 Å². The minimum Gasteiger partial charge on any atom is -0.468 e. The Morgan fingerprint density at radius 2 is 2.35 bits per heavy atom. The summed E-state index contributed by atoms with van der Waals surface area (Å²) in [5.41, 5.74) is 1.16. The molecule has 0 radical (unpaired) electrons. The molecule has 2 rings (SSSR count). The molecule has 0 bridgehead atoms. The maximum absolute atomic E-state index is 5.41. The predicted molar refractivity (Wildman–Crippen MR) is 67.3 cm³/mol. The third-order valence-corrected chi connectivity index (χ3v) is 2.56. The van der Waals surface area contributed by atoms with Gasteiger partial charge in [0.1, 0.15) is 5.76 Å². The number of pyridine rings is 1. The van der Waals surface area contributed by atoms with E-state index in [1.165, 1.54) is 0 Å². The van der Waals surface area contributed by atoms with Crippen LogP contribution in [-0.4, -0.2) is 4.98 Å². The van der Waals surface area contributed by atoms with E-state index in [-0.39, 0.29) is 6.04 Å². The summed E-state index contributed by atoms with van der Waals surface area (Å²) in [7, 11) is 0. The number of hydrogen-bond acceptors (Lipinski definition) is 3. The van der Waals surface area contributed by atoms with Crippen LogP contribution in [0.3, 0.4) is 0 Å². The fourth-order valence-corrected chi connectivity index (χ4v) is 1.70. The molecule has 3 heteroatoms. The molecule has 0 aliphatic heterocycles. The first-order valence-corrected chi connectivity index (χ1v) is 5.66. The van der Waals surface area contributed by atoms with Crippen LogP contribution in [-0.2, 0) is 6.54 Å². The monoisotopic (exact) mass is 228 g/mol. The molecule has 3 nitrogen and oxygen atoms in total. The van der Waals surface area contributed by atoms with Gasteiger partial charge < -0.3 is 9.73 Å². The van der Waals surface area contributed by atoms with Crippen molar-refractivity contribution in [1.29, 1.82) is 0 Å². The standard InChI is InChI=1S/C14H16N2O/c1-2-5-13(14-7-4-9-17-14)16-11-12-6-3-8-15-10-12/h2-4,6-10,13,16H,1,5,11H2.